The minimum Gasteiger partial charge on any atom is -0.355 e. The summed E-state index contributed by atoms with van der Waals surface area (Å²) in [6.07, 6.45) is 3.46. The van der Waals surface area contributed by atoms with Crippen LogP contribution in [0, 0.1) is 6.92 Å². The summed E-state index contributed by atoms with van der Waals surface area (Å²) in [5, 5.41) is 8.81. The minimum absolute atomic E-state index is 0.0821. The Bertz CT molecular complexity index is 1150. The monoisotopic (exact) mass is 381 g/mol. The fourth-order valence-electron chi connectivity index (χ4n) is 3.53. The zero-order valence-electron chi connectivity index (χ0n) is 16.5. The highest BCUT2D eigenvalue weighted by Gasteiger charge is 2.15. The molecule has 1 aromatic heterocycles. The summed E-state index contributed by atoms with van der Waals surface area (Å²) in [6.45, 7) is 3.97. The molecule has 0 fully saturated rings. The van der Waals surface area contributed by atoms with Crippen LogP contribution >= 0.6 is 0 Å². The van der Waals surface area contributed by atoms with Crippen molar-refractivity contribution in [1.82, 2.24) is 10.3 Å². The van der Waals surface area contributed by atoms with Gasteiger partial charge in [-0.25, -0.2) is 0 Å². The van der Waals surface area contributed by atoms with Gasteiger partial charge in [0, 0.05) is 29.3 Å². The normalized spacial score (nSPS) is 11.8. The highest BCUT2D eigenvalue weighted by molar-refractivity contribution is 5.97. The van der Waals surface area contributed by atoms with Gasteiger partial charge >= 0.3 is 0 Å². The Labute approximate surface area is 170 Å². The summed E-state index contributed by atoms with van der Waals surface area (Å²) in [7, 11) is 0. The number of benzene rings is 3. The molecule has 3 aromatic carbocycles. The quantitative estimate of drug-likeness (QED) is 0.461. The van der Waals surface area contributed by atoms with Gasteiger partial charge in [0.1, 0.15) is 0 Å². The molecule has 29 heavy (non-hydrogen) atoms. The zero-order valence-corrected chi connectivity index (χ0v) is 16.5. The number of hydrogen-bond donors (Lipinski definition) is 2. The van der Waals surface area contributed by atoms with Crippen LogP contribution in [0.3, 0.4) is 0 Å². The number of amides is 1. The molecule has 0 saturated heterocycles. The minimum atomic E-state index is -0.107. The number of nitrogens with zero attached hydrogens (tertiary/aromatic N) is 1. The topological polar surface area (TPSA) is 54.0 Å². The Hall–Kier alpha value is -3.66. The van der Waals surface area contributed by atoms with E-state index in [1.54, 1.807) is 12.4 Å². The van der Waals surface area contributed by atoms with Crippen LogP contribution in [-0.4, -0.2) is 10.9 Å². The van der Waals surface area contributed by atoms with Gasteiger partial charge in [0.05, 0.1) is 6.04 Å². The molecule has 2 N–H and O–H groups in total. The summed E-state index contributed by atoms with van der Waals surface area (Å²) in [5.74, 6) is -0.0821. The first-order chi connectivity index (χ1) is 14.1. The fraction of sp³-hybridized carbons (Fsp3) is 0.120. The number of pyridine rings is 1. The maximum absolute atomic E-state index is 13.0. The lowest BCUT2D eigenvalue weighted by molar-refractivity contribution is 0.0939. The first kappa shape index (κ1) is 18.7. The first-order valence-electron chi connectivity index (χ1n) is 9.68. The van der Waals surface area contributed by atoms with Gasteiger partial charge in [-0.1, -0.05) is 48.5 Å². The molecule has 1 atom stereocenters. The fourth-order valence-corrected chi connectivity index (χ4v) is 3.53. The van der Waals surface area contributed by atoms with E-state index < -0.39 is 0 Å². The number of aromatic nitrogens is 1. The van der Waals surface area contributed by atoms with Crippen LogP contribution in [0.4, 0.5) is 11.4 Å². The summed E-state index contributed by atoms with van der Waals surface area (Å²) in [6, 6.07) is 23.9. The smallest absolute Gasteiger partial charge is 0.252 e. The van der Waals surface area contributed by atoms with Crippen molar-refractivity contribution in [3.63, 3.8) is 0 Å². The van der Waals surface area contributed by atoms with E-state index in [4.69, 9.17) is 0 Å². The Morgan fingerprint density at radius 3 is 2.48 bits per heavy atom. The largest absolute Gasteiger partial charge is 0.355 e. The van der Waals surface area contributed by atoms with E-state index in [2.05, 4.69) is 39.9 Å². The highest BCUT2D eigenvalue weighted by Crippen LogP contribution is 2.25. The third-order valence-electron chi connectivity index (χ3n) is 5.09. The van der Waals surface area contributed by atoms with E-state index >= 15 is 0 Å². The summed E-state index contributed by atoms with van der Waals surface area (Å²) < 4.78 is 0. The van der Waals surface area contributed by atoms with Gasteiger partial charge < -0.3 is 10.6 Å². The van der Waals surface area contributed by atoms with Crippen LogP contribution < -0.4 is 10.6 Å². The second kappa shape index (κ2) is 8.15. The standard InChI is InChI=1S/C25H23N3O/c1-17-10-11-21(28-20-12-14-26-15-13-20)16-24(17)25(29)27-18(2)22-9-5-7-19-6-3-4-8-23(19)22/h3-16,18H,1-2H3,(H,26,28)(H,27,29)/t18-/m1/s1. The molecule has 0 aliphatic rings. The summed E-state index contributed by atoms with van der Waals surface area (Å²) in [4.78, 5) is 17.1. The summed E-state index contributed by atoms with van der Waals surface area (Å²) in [5.41, 5.74) is 4.51. The van der Waals surface area contributed by atoms with Crippen LogP contribution in [0.5, 0.6) is 0 Å². The average Bonchev–Trinajstić information content (AvgIpc) is 2.75. The SMILES string of the molecule is Cc1ccc(Nc2ccncc2)cc1C(=O)N[C@H](C)c1cccc2ccccc12. The van der Waals surface area contributed by atoms with E-state index in [1.165, 1.54) is 5.39 Å². The van der Waals surface area contributed by atoms with Gasteiger partial charge in [-0.15, -0.1) is 0 Å². The molecule has 4 rings (SSSR count). The lowest BCUT2D eigenvalue weighted by Gasteiger charge is -2.18. The van der Waals surface area contributed by atoms with Crippen molar-refractivity contribution < 1.29 is 4.79 Å². The zero-order chi connectivity index (χ0) is 20.2. The molecule has 1 heterocycles. The van der Waals surface area contributed by atoms with E-state index in [0.29, 0.717) is 5.56 Å². The molecule has 4 heteroatoms. The van der Waals surface area contributed by atoms with Crippen molar-refractivity contribution in [3.8, 4) is 0 Å². The number of hydrogen-bond acceptors (Lipinski definition) is 3. The lowest BCUT2D eigenvalue weighted by Crippen LogP contribution is -2.27. The number of aryl methyl sites for hydroxylation is 1. The lowest BCUT2D eigenvalue weighted by atomic mass is 9.99. The van der Waals surface area contributed by atoms with Crippen molar-refractivity contribution in [2.45, 2.75) is 19.9 Å². The molecule has 1 amide bonds. The number of rotatable bonds is 5. The molecular formula is C25H23N3O. The maximum Gasteiger partial charge on any atom is 0.252 e. The van der Waals surface area contributed by atoms with Crippen molar-refractivity contribution in [2.24, 2.45) is 0 Å². The van der Waals surface area contributed by atoms with Gasteiger partial charge in [-0.05, 0) is 60.0 Å². The van der Waals surface area contributed by atoms with Crippen molar-refractivity contribution in [1.29, 1.82) is 0 Å². The van der Waals surface area contributed by atoms with Gasteiger partial charge in [-0.3, -0.25) is 9.78 Å². The van der Waals surface area contributed by atoms with Crippen LogP contribution in [0.2, 0.25) is 0 Å². The number of fused-ring (bicyclic) bond motifs is 1. The van der Waals surface area contributed by atoms with Crippen molar-refractivity contribution in [3.05, 3.63) is 102 Å². The van der Waals surface area contributed by atoms with Gasteiger partial charge in [-0.2, -0.15) is 0 Å². The second-order valence-electron chi connectivity index (χ2n) is 7.15. The second-order valence-corrected chi connectivity index (χ2v) is 7.15. The first-order valence-corrected chi connectivity index (χ1v) is 9.68. The van der Waals surface area contributed by atoms with Crippen molar-refractivity contribution >= 4 is 28.1 Å². The number of anilines is 2. The molecule has 0 unspecified atom stereocenters. The van der Waals surface area contributed by atoms with Crippen molar-refractivity contribution in [2.75, 3.05) is 5.32 Å². The predicted molar refractivity (Wildman–Crippen MR) is 119 cm³/mol. The Morgan fingerprint density at radius 2 is 1.66 bits per heavy atom. The van der Waals surface area contributed by atoms with E-state index in [9.17, 15) is 4.79 Å². The highest BCUT2D eigenvalue weighted by atomic mass is 16.1. The summed E-state index contributed by atoms with van der Waals surface area (Å²) >= 11 is 0. The molecule has 0 saturated carbocycles. The van der Waals surface area contributed by atoms with E-state index in [1.807, 2.05) is 62.4 Å². The molecule has 0 aliphatic heterocycles. The van der Waals surface area contributed by atoms with E-state index in [0.717, 1.165) is 27.9 Å². The Morgan fingerprint density at radius 1 is 0.897 bits per heavy atom. The molecule has 4 aromatic rings. The Kier molecular flexibility index (Phi) is 5.25. The third-order valence-corrected chi connectivity index (χ3v) is 5.09. The molecular weight excluding hydrogens is 358 g/mol. The van der Waals surface area contributed by atoms with Crippen LogP contribution in [0.25, 0.3) is 10.8 Å². The molecule has 144 valence electrons. The van der Waals surface area contributed by atoms with Crippen LogP contribution in [-0.2, 0) is 0 Å². The third kappa shape index (κ3) is 4.11. The molecule has 4 nitrogen and oxygen atoms in total. The number of nitrogens with one attached hydrogen (secondary N) is 2. The number of carbonyl (C=O) groups excluding carboxylic acids is 1. The number of carbonyl (C=O) groups is 1. The van der Waals surface area contributed by atoms with Gasteiger partial charge in [0.25, 0.3) is 5.91 Å². The van der Waals surface area contributed by atoms with E-state index in [-0.39, 0.29) is 11.9 Å². The van der Waals surface area contributed by atoms with Gasteiger partial charge in [0.15, 0.2) is 0 Å². The average molecular weight is 381 g/mol. The van der Waals surface area contributed by atoms with Gasteiger partial charge in [0.2, 0.25) is 0 Å². The molecule has 0 bridgehead atoms. The Balaban J connectivity index is 1.57. The maximum atomic E-state index is 13.0. The van der Waals surface area contributed by atoms with Crippen LogP contribution in [0.15, 0.2) is 85.2 Å². The molecule has 0 aliphatic carbocycles. The molecule has 0 spiro atoms. The predicted octanol–water partition coefficient (Wildman–Crippen LogP) is 5.78. The molecule has 0 radical (unpaired) electrons. The van der Waals surface area contributed by atoms with Crippen LogP contribution in [0.1, 0.15) is 34.5 Å².